The van der Waals surface area contributed by atoms with E-state index in [1.807, 2.05) is 37.3 Å². The Balaban J connectivity index is 1.48. The molecular weight excluding hydrogens is 442 g/mol. The first kappa shape index (κ1) is 21.2. The van der Waals surface area contributed by atoms with Gasteiger partial charge in [0.05, 0.1) is 12.7 Å². The van der Waals surface area contributed by atoms with Crippen LogP contribution in [-0.4, -0.2) is 35.0 Å². The summed E-state index contributed by atoms with van der Waals surface area (Å²) >= 11 is 7.97. The fourth-order valence-corrected chi connectivity index (χ4v) is 5.97. The minimum atomic E-state index is -1.09. The summed E-state index contributed by atoms with van der Waals surface area (Å²) in [5.74, 6) is -0.227. The number of carbonyl (C=O) groups is 2. The number of fused-ring (bicyclic) bond motifs is 1. The molecule has 3 aromatic rings. The van der Waals surface area contributed by atoms with Gasteiger partial charge in [-0.3, -0.25) is 9.69 Å². The molecule has 1 aromatic heterocycles. The summed E-state index contributed by atoms with van der Waals surface area (Å²) in [6.45, 7) is 2.93. The lowest BCUT2D eigenvalue weighted by molar-refractivity contribution is -0.133. The van der Waals surface area contributed by atoms with Crippen LogP contribution < -0.4 is 5.32 Å². The number of nitrogens with zero attached hydrogens (tertiary/aromatic N) is 2. The molecular formula is C25H24ClN3O2S. The second-order valence-corrected chi connectivity index (χ2v) is 9.69. The Labute approximate surface area is 196 Å². The maximum atomic E-state index is 13.7. The fraction of sp³-hybridized carbons (Fsp3) is 0.280. The molecule has 3 amide bonds. The van der Waals surface area contributed by atoms with Crippen LogP contribution >= 0.6 is 22.9 Å². The predicted molar refractivity (Wildman–Crippen MR) is 127 cm³/mol. The van der Waals surface area contributed by atoms with Crippen molar-refractivity contribution >= 4 is 34.9 Å². The number of hydrogen-bond donors (Lipinski definition) is 1. The SMILES string of the molecule is CC[C@]1(c2cccc(Cl)c2)NC(=O)N(CN2CCc3sccc3[C@H]2c2ccccc2)C1=O. The number of carbonyl (C=O) groups excluding carboxylic acids is 2. The molecule has 3 heterocycles. The standard InChI is InChI=1S/C25H24ClN3O2S/c1-2-25(18-9-6-10-19(26)15-18)23(30)29(24(31)27-25)16-28-13-11-21-20(12-14-32-21)22(28)17-7-4-3-5-8-17/h3-10,12,14-15,22H,2,11,13,16H2,1H3,(H,27,31)/t22-,25-/m1/s1. The van der Waals surface area contributed by atoms with Gasteiger partial charge in [-0.15, -0.1) is 11.3 Å². The molecule has 164 valence electrons. The third kappa shape index (κ3) is 3.43. The van der Waals surface area contributed by atoms with E-state index in [-0.39, 0.29) is 24.6 Å². The van der Waals surface area contributed by atoms with Crippen molar-refractivity contribution in [3.05, 3.63) is 92.6 Å². The Bertz CT molecular complexity index is 1160. The molecule has 0 bridgehead atoms. The molecule has 7 heteroatoms. The zero-order valence-electron chi connectivity index (χ0n) is 17.8. The van der Waals surface area contributed by atoms with Crippen LogP contribution in [0.3, 0.4) is 0 Å². The topological polar surface area (TPSA) is 52.7 Å². The molecule has 1 saturated heterocycles. The zero-order chi connectivity index (χ0) is 22.3. The van der Waals surface area contributed by atoms with Gasteiger partial charge in [-0.1, -0.05) is 61.0 Å². The van der Waals surface area contributed by atoms with Crippen LogP contribution in [0, 0.1) is 0 Å². The molecule has 2 aliphatic heterocycles. The summed E-state index contributed by atoms with van der Waals surface area (Å²) in [5, 5.41) is 5.64. The van der Waals surface area contributed by atoms with E-state index in [1.54, 1.807) is 23.5 Å². The van der Waals surface area contributed by atoms with E-state index in [9.17, 15) is 9.59 Å². The van der Waals surface area contributed by atoms with Crippen LogP contribution in [0.5, 0.6) is 0 Å². The van der Waals surface area contributed by atoms with Gasteiger partial charge in [0.1, 0.15) is 5.54 Å². The number of amides is 3. The lowest BCUT2D eigenvalue weighted by Gasteiger charge is -2.38. The molecule has 0 radical (unpaired) electrons. The largest absolute Gasteiger partial charge is 0.326 e. The van der Waals surface area contributed by atoms with Crippen molar-refractivity contribution in [3.63, 3.8) is 0 Å². The molecule has 5 rings (SSSR count). The number of thiophene rings is 1. The van der Waals surface area contributed by atoms with Crippen molar-refractivity contribution < 1.29 is 9.59 Å². The van der Waals surface area contributed by atoms with E-state index in [0.29, 0.717) is 17.0 Å². The Morgan fingerprint density at radius 1 is 1.12 bits per heavy atom. The van der Waals surface area contributed by atoms with Gasteiger partial charge in [0.2, 0.25) is 0 Å². The molecule has 2 aliphatic rings. The van der Waals surface area contributed by atoms with Crippen LogP contribution in [-0.2, 0) is 16.8 Å². The Hall–Kier alpha value is -2.67. The van der Waals surface area contributed by atoms with Crippen molar-refractivity contribution in [2.24, 2.45) is 0 Å². The average Bonchev–Trinajstić information content (AvgIpc) is 3.38. The Kier molecular flexibility index (Phi) is 5.53. The van der Waals surface area contributed by atoms with Gasteiger partial charge in [-0.2, -0.15) is 0 Å². The highest BCUT2D eigenvalue weighted by molar-refractivity contribution is 7.10. The molecule has 1 fully saturated rings. The average molecular weight is 466 g/mol. The van der Waals surface area contributed by atoms with Gasteiger partial charge in [0, 0.05) is 16.4 Å². The van der Waals surface area contributed by atoms with E-state index in [1.165, 1.54) is 15.3 Å². The number of imide groups is 1. The van der Waals surface area contributed by atoms with Crippen LogP contribution in [0.15, 0.2) is 66.0 Å². The Morgan fingerprint density at radius 3 is 2.69 bits per heavy atom. The quantitative estimate of drug-likeness (QED) is 0.529. The van der Waals surface area contributed by atoms with Crippen molar-refractivity contribution in [1.29, 1.82) is 0 Å². The van der Waals surface area contributed by atoms with Crippen molar-refractivity contribution in [2.45, 2.75) is 31.3 Å². The number of nitrogens with one attached hydrogen (secondary N) is 1. The maximum Gasteiger partial charge on any atom is 0.326 e. The van der Waals surface area contributed by atoms with Crippen LogP contribution in [0.1, 0.15) is 41.0 Å². The summed E-state index contributed by atoms with van der Waals surface area (Å²) in [5.41, 5.74) is 2.05. The van der Waals surface area contributed by atoms with E-state index in [4.69, 9.17) is 11.6 Å². The minimum absolute atomic E-state index is 0.00889. The monoisotopic (exact) mass is 465 g/mol. The molecule has 0 unspecified atom stereocenters. The fourth-order valence-electron chi connectivity index (χ4n) is 4.88. The number of urea groups is 1. The van der Waals surface area contributed by atoms with E-state index < -0.39 is 5.54 Å². The van der Waals surface area contributed by atoms with E-state index in [0.717, 1.165) is 18.5 Å². The van der Waals surface area contributed by atoms with Gasteiger partial charge >= 0.3 is 6.03 Å². The highest BCUT2D eigenvalue weighted by Gasteiger charge is 2.52. The van der Waals surface area contributed by atoms with Gasteiger partial charge in [-0.05, 0) is 53.1 Å². The maximum absolute atomic E-state index is 13.7. The molecule has 5 nitrogen and oxygen atoms in total. The summed E-state index contributed by atoms with van der Waals surface area (Å²) < 4.78 is 0. The highest BCUT2D eigenvalue weighted by atomic mass is 35.5. The first-order valence-corrected chi connectivity index (χ1v) is 12.0. The molecule has 2 atom stereocenters. The second kappa shape index (κ2) is 8.35. The third-order valence-electron chi connectivity index (χ3n) is 6.53. The van der Waals surface area contributed by atoms with Crippen LogP contribution in [0.2, 0.25) is 5.02 Å². The number of rotatable bonds is 5. The summed E-state index contributed by atoms with van der Waals surface area (Å²) in [6, 6.07) is 19.3. The molecule has 32 heavy (non-hydrogen) atoms. The van der Waals surface area contributed by atoms with Crippen molar-refractivity contribution in [1.82, 2.24) is 15.1 Å². The summed E-state index contributed by atoms with van der Waals surface area (Å²) in [6.07, 6.45) is 1.36. The van der Waals surface area contributed by atoms with Crippen LogP contribution in [0.25, 0.3) is 0 Å². The number of halogens is 1. The molecule has 2 aromatic carbocycles. The van der Waals surface area contributed by atoms with Gasteiger partial charge < -0.3 is 5.32 Å². The van der Waals surface area contributed by atoms with Gasteiger partial charge in [0.15, 0.2) is 0 Å². The smallest absolute Gasteiger partial charge is 0.319 e. The number of benzene rings is 2. The van der Waals surface area contributed by atoms with Crippen molar-refractivity contribution in [3.8, 4) is 0 Å². The zero-order valence-corrected chi connectivity index (χ0v) is 19.3. The summed E-state index contributed by atoms with van der Waals surface area (Å²) in [4.78, 5) is 31.7. The third-order valence-corrected chi connectivity index (χ3v) is 7.76. The van der Waals surface area contributed by atoms with Crippen molar-refractivity contribution in [2.75, 3.05) is 13.2 Å². The first-order chi connectivity index (χ1) is 15.5. The number of hydrogen-bond acceptors (Lipinski definition) is 4. The first-order valence-electron chi connectivity index (χ1n) is 10.8. The lowest BCUT2D eigenvalue weighted by Crippen LogP contribution is -2.47. The molecule has 0 aliphatic carbocycles. The predicted octanol–water partition coefficient (Wildman–Crippen LogP) is 5.16. The molecule has 0 spiro atoms. The van der Waals surface area contributed by atoms with Crippen LogP contribution in [0.4, 0.5) is 4.79 Å². The molecule has 0 saturated carbocycles. The Morgan fingerprint density at radius 2 is 1.94 bits per heavy atom. The van der Waals surface area contributed by atoms with E-state index in [2.05, 4.69) is 33.8 Å². The van der Waals surface area contributed by atoms with Gasteiger partial charge in [-0.25, -0.2) is 9.69 Å². The summed E-state index contributed by atoms with van der Waals surface area (Å²) in [7, 11) is 0. The second-order valence-electron chi connectivity index (χ2n) is 8.25. The minimum Gasteiger partial charge on any atom is -0.319 e. The van der Waals surface area contributed by atoms with E-state index >= 15 is 0 Å². The lowest BCUT2D eigenvalue weighted by atomic mass is 9.87. The highest BCUT2D eigenvalue weighted by Crippen LogP contribution is 2.39. The molecule has 1 N–H and O–H groups in total. The van der Waals surface area contributed by atoms with Gasteiger partial charge in [0.25, 0.3) is 5.91 Å². The normalized spacial score (nSPS) is 23.3.